The molecule has 0 N–H and O–H groups in total. The minimum Gasteiger partial charge on any atom is -0.352 e. The van der Waals surface area contributed by atoms with Crippen LogP contribution >= 0.6 is 0 Å². The average molecular weight is 258 g/mol. The Balaban J connectivity index is 1.63. The Hall–Kier alpha value is -0.150. The first-order valence-corrected chi connectivity index (χ1v) is 7.67. The number of rotatable bonds is 5. The summed E-state index contributed by atoms with van der Waals surface area (Å²) in [4.78, 5) is 0. The third-order valence-corrected chi connectivity index (χ3v) is 4.29. The van der Waals surface area contributed by atoms with Gasteiger partial charge in [0.2, 0.25) is 0 Å². The zero-order valence-electron chi connectivity index (χ0n) is 11.6. The van der Waals surface area contributed by atoms with Crippen molar-refractivity contribution < 1.29 is 13.9 Å². The first-order chi connectivity index (χ1) is 8.79. The van der Waals surface area contributed by atoms with Crippen LogP contribution < -0.4 is 0 Å². The summed E-state index contributed by atoms with van der Waals surface area (Å²) in [5.41, 5.74) is 0. The molecule has 106 valence electrons. The van der Waals surface area contributed by atoms with Crippen LogP contribution in [0.25, 0.3) is 0 Å². The van der Waals surface area contributed by atoms with Gasteiger partial charge in [-0.15, -0.1) is 0 Å². The summed E-state index contributed by atoms with van der Waals surface area (Å²) in [5, 5.41) is 0. The number of halogens is 1. The summed E-state index contributed by atoms with van der Waals surface area (Å²) < 4.78 is 24.8. The highest BCUT2D eigenvalue weighted by Crippen LogP contribution is 2.32. The fourth-order valence-electron chi connectivity index (χ4n) is 3.03. The average Bonchev–Trinajstić information content (AvgIpc) is 2.41. The van der Waals surface area contributed by atoms with E-state index in [1.165, 1.54) is 25.7 Å². The van der Waals surface area contributed by atoms with Gasteiger partial charge >= 0.3 is 0 Å². The van der Waals surface area contributed by atoms with Gasteiger partial charge in [-0.1, -0.05) is 26.2 Å². The Morgan fingerprint density at radius 1 is 1.00 bits per heavy atom. The van der Waals surface area contributed by atoms with Crippen molar-refractivity contribution in [3.05, 3.63) is 0 Å². The molecule has 2 aliphatic rings. The van der Waals surface area contributed by atoms with Gasteiger partial charge in [-0.2, -0.15) is 0 Å². The molecule has 1 saturated carbocycles. The third-order valence-electron chi connectivity index (χ3n) is 4.29. The second-order valence-corrected chi connectivity index (χ2v) is 5.91. The van der Waals surface area contributed by atoms with Crippen LogP contribution in [0.3, 0.4) is 0 Å². The molecule has 0 radical (unpaired) electrons. The van der Waals surface area contributed by atoms with Crippen LogP contribution in [0.15, 0.2) is 0 Å². The van der Waals surface area contributed by atoms with E-state index in [1.54, 1.807) is 0 Å². The molecule has 0 amide bonds. The Bertz CT molecular complexity index is 219. The van der Waals surface area contributed by atoms with Crippen LogP contribution in [0.4, 0.5) is 4.39 Å². The fourth-order valence-corrected chi connectivity index (χ4v) is 3.03. The molecule has 0 aromatic carbocycles. The van der Waals surface area contributed by atoms with Crippen molar-refractivity contribution in [3.63, 3.8) is 0 Å². The van der Waals surface area contributed by atoms with Crippen LogP contribution in [0, 0.1) is 11.8 Å². The van der Waals surface area contributed by atoms with Gasteiger partial charge < -0.3 is 9.47 Å². The van der Waals surface area contributed by atoms with E-state index in [1.807, 2.05) is 0 Å². The van der Waals surface area contributed by atoms with Gasteiger partial charge in [0.05, 0.1) is 13.2 Å². The highest BCUT2D eigenvalue weighted by Gasteiger charge is 2.32. The molecule has 3 heteroatoms. The molecule has 0 spiro atoms. The Morgan fingerprint density at radius 3 is 2.28 bits per heavy atom. The molecule has 0 atom stereocenters. The lowest BCUT2D eigenvalue weighted by molar-refractivity contribution is -0.230. The second kappa shape index (κ2) is 7.44. The molecular weight excluding hydrogens is 231 g/mol. The quantitative estimate of drug-likeness (QED) is 0.692. The van der Waals surface area contributed by atoms with E-state index in [0.29, 0.717) is 24.7 Å². The monoisotopic (exact) mass is 258 g/mol. The third kappa shape index (κ3) is 4.20. The molecule has 2 nitrogen and oxygen atoms in total. The Kier molecular flexibility index (Phi) is 5.90. The topological polar surface area (TPSA) is 18.5 Å². The lowest BCUT2D eigenvalue weighted by Gasteiger charge is -2.36. The Labute approximate surface area is 110 Å². The summed E-state index contributed by atoms with van der Waals surface area (Å²) in [6.07, 6.45) is 7.65. The van der Waals surface area contributed by atoms with E-state index in [4.69, 9.17) is 9.47 Å². The number of unbranched alkanes of at least 4 members (excludes halogenated alkanes) is 2. The zero-order valence-corrected chi connectivity index (χ0v) is 11.6. The van der Waals surface area contributed by atoms with E-state index in [2.05, 4.69) is 6.92 Å². The van der Waals surface area contributed by atoms with Crippen LogP contribution in [0.5, 0.6) is 0 Å². The van der Waals surface area contributed by atoms with E-state index in [9.17, 15) is 4.39 Å². The molecule has 18 heavy (non-hydrogen) atoms. The number of hydrogen-bond donors (Lipinski definition) is 0. The molecule has 2 rings (SSSR count). The molecule has 0 aromatic rings. The Morgan fingerprint density at radius 2 is 1.67 bits per heavy atom. The fraction of sp³-hybridized carbons (Fsp3) is 1.00. The standard InChI is InChI=1S/C15H27FO2/c1-2-3-4-5-12-10-17-15(18-11-12)13-6-8-14(16)9-7-13/h12-15H,2-11H2,1H3. The van der Waals surface area contributed by atoms with Crippen molar-refractivity contribution in [2.45, 2.75) is 70.8 Å². The van der Waals surface area contributed by atoms with Crippen molar-refractivity contribution in [1.29, 1.82) is 0 Å². The molecule has 2 fully saturated rings. The van der Waals surface area contributed by atoms with E-state index >= 15 is 0 Å². The van der Waals surface area contributed by atoms with Gasteiger partial charge in [0.15, 0.2) is 6.29 Å². The predicted molar refractivity (Wildman–Crippen MR) is 70.2 cm³/mol. The minimum atomic E-state index is -0.591. The molecule has 1 aliphatic heterocycles. The smallest absolute Gasteiger partial charge is 0.160 e. The predicted octanol–water partition coefficient (Wildman–Crippen LogP) is 4.08. The van der Waals surface area contributed by atoms with E-state index in [0.717, 1.165) is 26.1 Å². The van der Waals surface area contributed by atoms with Crippen LogP contribution in [0.2, 0.25) is 0 Å². The summed E-state index contributed by atoms with van der Waals surface area (Å²) >= 11 is 0. The van der Waals surface area contributed by atoms with Gasteiger partial charge in [-0.3, -0.25) is 0 Å². The van der Waals surface area contributed by atoms with Crippen molar-refractivity contribution in [3.8, 4) is 0 Å². The first kappa shape index (κ1) is 14.3. The highest BCUT2D eigenvalue weighted by atomic mass is 19.1. The van der Waals surface area contributed by atoms with Crippen molar-refractivity contribution in [1.82, 2.24) is 0 Å². The summed E-state index contributed by atoms with van der Waals surface area (Å²) in [6.45, 7) is 3.90. The van der Waals surface area contributed by atoms with Crippen molar-refractivity contribution in [2.75, 3.05) is 13.2 Å². The number of hydrogen-bond acceptors (Lipinski definition) is 2. The number of alkyl halides is 1. The maximum atomic E-state index is 13.1. The van der Waals surface area contributed by atoms with Crippen LogP contribution in [-0.4, -0.2) is 25.7 Å². The highest BCUT2D eigenvalue weighted by molar-refractivity contribution is 4.76. The lowest BCUT2D eigenvalue weighted by atomic mass is 9.87. The van der Waals surface area contributed by atoms with Crippen LogP contribution in [0.1, 0.15) is 58.3 Å². The van der Waals surface area contributed by atoms with Crippen molar-refractivity contribution in [2.24, 2.45) is 11.8 Å². The van der Waals surface area contributed by atoms with Crippen LogP contribution in [-0.2, 0) is 9.47 Å². The lowest BCUT2D eigenvalue weighted by Crippen LogP contribution is -2.38. The van der Waals surface area contributed by atoms with Crippen molar-refractivity contribution >= 4 is 0 Å². The number of ether oxygens (including phenoxy) is 2. The maximum Gasteiger partial charge on any atom is 0.160 e. The van der Waals surface area contributed by atoms with Gasteiger partial charge in [0.25, 0.3) is 0 Å². The largest absolute Gasteiger partial charge is 0.352 e. The van der Waals surface area contributed by atoms with Gasteiger partial charge in [-0.25, -0.2) is 4.39 Å². The van der Waals surface area contributed by atoms with Gasteiger partial charge in [0.1, 0.15) is 6.17 Å². The summed E-state index contributed by atoms with van der Waals surface area (Å²) in [7, 11) is 0. The molecule has 1 aliphatic carbocycles. The zero-order chi connectivity index (χ0) is 12.8. The first-order valence-electron chi connectivity index (χ1n) is 7.67. The van der Waals surface area contributed by atoms with Gasteiger partial charge in [0, 0.05) is 11.8 Å². The maximum absolute atomic E-state index is 13.1. The molecule has 0 unspecified atom stereocenters. The normalized spacial score (nSPS) is 37.7. The SMILES string of the molecule is CCCCCC1COC(C2CCC(F)CC2)OC1. The van der Waals surface area contributed by atoms with E-state index < -0.39 is 6.17 Å². The molecule has 0 aromatic heterocycles. The molecule has 0 bridgehead atoms. The summed E-state index contributed by atoms with van der Waals surface area (Å²) in [5.74, 6) is 0.999. The summed E-state index contributed by atoms with van der Waals surface area (Å²) in [6, 6.07) is 0. The minimum absolute atomic E-state index is 0.0556. The molecular formula is C15H27FO2. The molecule has 1 heterocycles. The second-order valence-electron chi connectivity index (χ2n) is 5.91. The van der Waals surface area contributed by atoms with Gasteiger partial charge in [-0.05, 0) is 32.1 Å². The molecule has 1 saturated heterocycles. The van der Waals surface area contributed by atoms with E-state index in [-0.39, 0.29) is 6.29 Å².